The number of hydrogen-bond donors (Lipinski definition) is 0. The largest absolute Gasteiger partial charge is 0.497 e. The lowest BCUT2D eigenvalue weighted by Gasteiger charge is -2.36. The minimum absolute atomic E-state index is 0.196. The third-order valence-electron chi connectivity index (χ3n) is 6.70. The third-order valence-corrected chi connectivity index (χ3v) is 6.70. The van der Waals surface area contributed by atoms with Gasteiger partial charge in [-0.2, -0.15) is 0 Å². The molecule has 2 aliphatic rings. The highest BCUT2D eigenvalue weighted by Gasteiger charge is 2.23. The molecule has 0 unspecified atom stereocenters. The molecule has 1 saturated heterocycles. The van der Waals surface area contributed by atoms with E-state index >= 15 is 0 Å². The summed E-state index contributed by atoms with van der Waals surface area (Å²) in [7, 11) is 1.70. The molecule has 0 spiro atoms. The average Bonchev–Trinajstić information content (AvgIpc) is 2.89. The summed E-state index contributed by atoms with van der Waals surface area (Å²) in [5.41, 5.74) is 4.98. The molecule has 2 aromatic carbocycles. The smallest absolute Gasteiger partial charge is 0.225 e. The number of methoxy groups -OCH3 is 1. The van der Waals surface area contributed by atoms with E-state index in [1.807, 2.05) is 18.3 Å². The second-order valence-electron chi connectivity index (χ2n) is 9.59. The van der Waals surface area contributed by atoms with Crippen molar-refractivity contribution in [2.24, 2.45) is 0 Å². The van der Waals surface area contributed by atoms with Gasteiger partial charge in [0.25, 0.3) is 0 Å². The first-order valence-corrected chi connectivity index (χ1v) is 12.5. The van der Waals surface area contributed by atoms with Crippen molar-refractivity contribution >= 4 is 11.6 Å². The van der Waals surface area contributed by atoms with Crippen LogP contribution in [-0.4, -0.2) is 60.8 Å². The van der Waals surface area contributed by atoms with E-state index in [2.05, 4.69) is 64.9 Å². The van der Waals surface area contributed by atoms with Crippen molar-refractivity contribution in [3.05, 3.63) is 71.5 Å². The van der Waals surface area contributed by atoms with Gasteiger partial charge in [-0.15, -0.1) is 0 Å². The van der Waals surface area contributed by atoms with E-state index in [-0.39, 0.29) is 6.10 Å². The maximum absolute atomic E-state index is 5.76. The van der Waals surface area contributed by atoms with Crippen molar-refractivity contribution in [3.63, 3.8) is 0 Å². The predicted octanol–water partition coefficient (Wildman–Crippen LogP) is 4.16. The van der Waals surface area contributed by atoms with E-state index in [0.717, 1.165) is 69.7 Å². The number of hydrogen-bond acceptors (Lipinski definition) is 7. The topological polar surface area (TPSA) is 54.0 Å². The van der Waals surface area contributed by atoms with Crippen LogP contribution in [0.25, 0.3) is 0 Å². The maximum Gasteiger partial charge on any atom is 0.225 e. The molecular formula is C28H35N5O2. The summed E-state index contributed by atoms with van der Waals surface area (Å²) in [6.45, 7) is 10.7. The number of anilines is 2. The van der Waals surface area contributed by atoms with Crippen LogP contribution in [0.1, 0.15) is 30.7 Å². The first-order chi connectivity index (χ1) is 17.1. The molecule has 35 heavy (non-hydrogen) atoms. The quantitative estimate of drug-likeness (QED) is 0.511. The van der Waals surface area contributed by atoms with Crippen LogP contribution >= 0.6 is 0 Å². The molecule has 0 saturated carbocycles. The predicted molar refractivity (Wildman–Crippen MR) is 139 cm³/mol. The summed E-state index contributed by atoms with van der Waals surface area (Å²) < 4.78 is 11.0. The molecule has 0 amide bonds. The van der Waals surface area contributed by atoms with Crippen molar-refractivity contribution in [1.82, 2.24) is 14.9 Å². The number of rotatable bonds is 7. The number of fused-ring (bicyclic) bond motifs is 1. The lowest BCUT2D eigenvalue weighted by Crippen LogP contribution is -2.47. The van der Waals surface area contributed by atoms with Gasteiger partial charge in [-0.3, -0.25) is 4.90 Å². The summed E-state index contributed by atoms with van der Waals surface area (Å²) >= 11 is 0. The first kappa shape index (κ1) is 23.4. The fourth-order valence-corrected chi connectivity index (χ4v) is 4.81. The molecule has 0 aliphatic carbocycles. The third kappa shape index (κ3) is 5.68. The maximum atomic E-state index is 5.76. The molecule has 5 rings (SSSR count). The Labute approximate surface area is 208 Å². The zero-order chi connectivity index (χ0) is 24.2. The van der Waals surface area contributed by atoms with E-state index in [4.69, 9.17) is 19.4 Å². The van der Waals surface area contributed by atoms with E-state index in [9.17, 15) is 0 Å². The standard InChI is InChI=1S/C28H35N5O2/c1-21(2)35-26-8-4-22(5-9-26)19-31-13-12-27-23(20-31)18-29-28(30-27)33-16-14-32(15-17-33)24-6-10-25(34-3)11-7-24/h4-11,18,21H,12-17,19-20H2,1-3H3. The van der Waals surface area contributed by atoms with Crippen LogP contribution < -0.4 is 19.3 Å². The van der Waals surface area contributed by atoms with Crippen LogP contribution in [0.4, 0.5) is 11.6 Å². The van der Waals surface area contributed by atoms with Gasteiger partial charge >= 0.3 is 0 Å². The summed E-state index contributed by atoms with van der Waals surface area (Å²) in [5, 5.41) is 0. The monoisotopic (exact) mass is 473 g/mol. The molecule has 184 valence electrons. The average molecular weight is 474 g/mol. The Morgan fingerprint density at radius 3 is 2.23 bits per heavy atom. The first-order valence-electron chi connectivity index (χ1n) is 12.5. The molecule has 7 heteroatoms. The van der Waals surface area contributed by atoms with Gasteiger partial charge in [-0.05, 0) is 55.8 Å². The fraction of sp³-hybridized carbons (Fsp3) is 0.429. The van der Waals surface area contributed by atoms with Crippen LogP contribution in [0.3, 0.4) is 0 Å². The van der Waals surface area contributed by atoms with Crippen LogP contribution in [0.2, 0.25) is 0 Å². The second kappa shape index (κ2) is 10.5. The van der Waals surface area contributed by atoms with E-state index < -0.39 is 0 Å². The zero-order valence-electron chi connectivity index (χ0n) is 21.0. The van der Waals surface area contributed by atoms with Gasteiger partial charge in [0.1, 0.15) is 11.5 Å². The highest BCUT2D eigenvalue weighted by atomic mass is 16.5. The molecule has 0 N–H and O–H groups in total. The summed E-state index contributed by atoms with van der Waals surface area (Å²) in [4.78, 5) is 16.9. The van der Waals surface area contributed by atoms with Gasteiger partial charge in [0.2, 0.25) is 5.95 Å². The van der Waals surface area contributed by atoms with Crippen LogP contribution in [0, 0.1) is 0 Å². The Hall–Kier alpha value is -3.32. The van der Waals surface area contributed by atoms with Crippen LogP contribution in [-0.2, 0) is 19.5 Å². The van der Waals surface area contributed by atoms with Gasteiger partial charge in [0, 0.05) is 69.7 Å². The number of nitrogens with zero attached hydrogens (tertiary/aromatic N) is 5. The van der Waals surface area contributed by atoms with Gasteiger partial charge in [-0.1, -0.05) is 12.1 Å². The Bertz CT molecular complexity index is 1110. The van der Waals surface area contributed by atoms with E-state index in [0.29, 0.717) is 0 Å². The molecule has 0 bridgehead atoms. The summed E-state index contributed by atoms with van der Waals surface area (Å²) in [5.74, 6) is 2.69. The number of piperazine rings is 1. The Balaban J connectivity index is 1.16. The Morgan fingerprint density at radius 1 is 0.857 bits per heavy atom. The second-order valence-corrected chi connectivity index (χ2v) is 9.59. The Morgan fingerprint density at radius 2 is 1.54 bits per heavy atom. The zero-order valence-corrected chi connectivity index (χ0v) is 21.0. The minimum atomic E-state index is 0.196. The molecule has 3 aromatic rings. The summed E-state index contributed by atoms with van der Waals surface area (Å²) in [6, 6.07) is 16.8. The van der Waals surface area contributed by atoms with Crippen molar-refractivity contribution < 1.29 is 9.47 Å². The molecular weight excluding hydrogens is 438 g/mol. The molecule has 3 heterocycles. The van der Waals surface area contributed by atoms with E-state index in [1.54, 1.807) is 7.11 Å². The van der Waals surface area contributed by atoms with Crippen LogP contribution in [0.15, 0.2) is 54.7 Å². The highest BCUT2D eigenvalue weighted by molar-refractivity contribution is 5.51. The number of ether oxygens (including phenoxy) is 2. The van der Waals surface area contributed by atoms with Crippen LogP contribution in [0.5, 0.6) is 11.5 Å². The molecule has 0 radical (unpaired) electrons. The fourth-order valence-electron chi connectivity index (χ4n) is 4.81. The Kier molecular flexibility index (Phi) is 7.04. The van der Waals surface area contributed by atoms with Gasteiger partial charge in [-0.25, -0.2) is 9.97 Å². The van der Waals surface area contributed by atoms with Gasteiger partial charge in [0.15, 0.2) is 0 Å². The minimum Gasteiger partial charge on any atom is -0.497 e. The van der Waals surface area contributed by atoms with Crippen molar-refractivity contribution in [1.29, 1.82) is 0 Å². The van der Waals surface area contributed by atoms with Crippen molar-refractivity contribution in [2.45, 2.75) is 39.5 Å². The number of aromatic nitrogens is 2. The lowest BCUT2D eigenvalue weighted by atomic mass is 10.1. The molecule has 2 aliphatic heterocycles. The highest BCUT2D eigenvalue weighted by Crippen LogP contribution is 2.24. The number of benzene rings is 2. The SMILES string of the molecule is COc1ccc(N2CCN(c3ncc4c(n3)CCN(Cc3ccc(OC(C)C)cc3)C4)CC2)cc1. The molecule has 7 nitrogen and oxygen atoms in total. The van der Waals surface area contributed by atoms with Crippen molar-refractivity contribution in [3.8, 4) is 11.5 Å². The lowest BCUT2D eigenvalue weighted by molar-refractivity contribution is 0.238. The van der Waals surface area contributed by atoms with Gasteiger partial charge in [0.05, 0.1) is 18.9 Å². The van der Waals surface area contributed by atoms with Gasteiger partial charge < -0.3 is 19.3 Å². The molecule has 1 fully saturated rings. The molecule has 1 aromatic heterocycles. The van der Waals surface area contributed by atoms with Crippen molar-refractivity contribution in [2.75, 3.05) is 49.6 Å². The normalized spacial score (nSPS) is 16.3. The summed E-state index contributed by atoms with van der Waals surface area (Å²) in [6.07, 6.45) is 3.20. The van der Waals surface area contributed by atoms with E-state index in [1.165, 1.54) is 22.5 Å². The molecule has 0 atom stereocenters.